The van der Waals surface area contributed by atoms with Crippen molar-refractivity contribution in [2.24, 2.45) is 0 Å². The second-order valence-corrected chi connectivity index (χ2v) is 7.87. The van der Waals surface area contributed by atoms with Gasteiger partial charge in [-0.25, -0.2) is 4.79 Å². The number of rotatable bonds is 9. The number of amides is 2. The van der Waals surface area contributed by atoms with E-state index in [1.54, 1.807) is 19.1 Å². The third-order valence-electron chi connectivity index (χ3n) is 5.41. The quantitative estimate of drug-likeness (QED) is 0.411. The smallest absolute Gasteiger partial charge is 0.340 e. The van der Waals surface area contributed by atoms with Gasteiger partial charge in [0.1, 0.15) is 17.9 Å². The predicted molar refractivity (Wildman–Crippen MR) is 125 cm³/mol. The molecule has 9 heteroatoms. The van der Waals surface area contributed by atoms with E-state index in [-0.39, 0.29) is 6.54 Å². The average molecular weight is 466 g/mol. The monoisotopic (exact) mass is 466 g/mol. The number of nitrogens with one attached hydrogen (secondary N) is 2. The van der Waals surface area contributed by atoms with E-state index in [9.17, 15) is 19.2 Å². The first kappa shape index (κ1) is 24.5. The number of hydrogen-bond donors (Lipinski definition) is 3. The molecule has 2 amide bonds. The fourth-order valence-electron chi connectivity index (χ4n) is 3.49. The van der Waals surface area contributed by atoms with Gasteiger partial charge in [-0.1, -0.05) is 30.3 Å². The zero-order valence-electron chi connectivity index (χ0n) is 19.1. The molecule has 0 saturated heterocycles. The summed E-state index contributed by atoms with van der Waals surface area (Å²) in [6.45, 7) is 4.21. The van der Waals surface area contributed by atoms with Gasteiger partial charge in [-0.3, -0.25) is 14.4 Å². The van der Waals surface area contributed by atoms with Gasteiger partial charge in [-0.15, -0.1) is 0 Å². The zero-order chi connectivity index (χ0) is 24.8. The Labute approximate surface area is 195 Å². The molecule has 0 aliphatic rings. The molecular weight excluding hydrogens is 440 g/mol. The summed E-state index contributed by atoms with van der Waals surface area (Å²) in [7, 11) is 0. The third kappa shape index (κ3) is 5.80. The molecule has 0 radical (unpaired) electrons. The van der Waals surface area contributed by atoms with Crippen LogP contribution < -0.4 is 21.0 Å². The molecule has 34 heavy (non-hydrogen) atoms. The summed E-state index contributed by atoms with van der Waals surface area (Å²) >= 11 is 0. The van der Waals surface area contributed by atoms with Gasteiger partial charge >= 0.3 is 11.6 Å². The van der Waals surface area contributed by atoms with Crippen LogP contribution in [0.2, 0.25) is 0 Å². The highest BCUT2D eigenvalue weighted by Gasteiger charge is 2.20. The number of hydrogen-bond acceptors (Lipinski definition) is 6. The predicted octanol–water partition coefficient (Wildman–Crippen LogP) is 2.08. The number of aryl methyl sites for hydroxylation is 2. The number of benzene rings is 2. The van der Waals surface area contributed by atoms with Crippen LogP contribution in [0.25, 0.3) is 11.0 Å². The maximum Gasteiger partial charge on any atom is 0.340 e. The Bertz CT molecular complexity index is 1280. The average Bonchev–Trinajstić information content (AvgIpc) is 2.81. The summed E-state index contributed by atoms with van der Waals surface area (Å²) in [4.78, 5) is 47.1. The highest BCUT2D eigenvalue weighted by Crippen LogP contribution is 2.30. The van der Waals surface area contributed by atoms with Crippen molar-refractivity contribution in [2.45, 2.75) is 33.3 Å². The SMILES string of the molecule is Cc1c(Cc2ccccc2)c(=O)oc2c(C)c(OC(C)C(=O)NCC(=O)NCC(=O)O)ccc12. The standard InChI is InChI=1S/C25H26N2O7/c1-14-18-9-10-20(33-16(3)24(31)27-12-21(28)26-13-22(29)30)15(2)23(18)34-25(32)19(14)11-17-7-5-4-6-8-17/h4-10,16H,11-13H2,1-3H3,(H,26,28)(H,27,31)(H,29,30). The molecule has 1 unspecified atom stereocenters. The van der Waals surface area contributed by atoms with Crippen LogP contribution in [-0.2, 0) is 20.8 Å². The van der Waals surface area contributed by atoms with Crippen molar-refractivity contribution in [1.82, 2.24) is 10.6 Å². The first-order valence-corrected chi connectivity index (χ1v) is 10.7. The van der Waals surface area contributed by atoms with Gasteiger partial charge in [0.2, 0.25) is 5.91 Å². The van der Waals surface area contributed by atoms with Crippen LogP contribution in [-0.4, -0.2) is 42.1 Å². The van der Waals surface area contributed by atoms with Crippen molar-refractivity contribution < 1.29 is 28.6 Å². The summed E-state index contributed by atoms with van der Waals surface area (Å²) in [5.41, 5.74) is 2.95. The number of aliphatic carboxylic acids is 1. The van der Waals surface area contributed by atoms with E-state index in [1.807, 2.05) is 37.3 Å². The van der Waals surface area contributed by atoms with E-state index in [1.165, 1.54) is 6.92 Å². The van der Waals surface area contributed by atoms with E-state index >= 15 is 0 Å². The van der Waals surface area contributed by atoms with Crippen molar-refractivity contribution in [3.63, 3.8) is 0 Å². The minimum Gasteiger partial charge on any atom is -0.480 e. The first-order chi connectivity index (χ1) is 16.2. The summed E-state index contributed by atoms with van der Waals surface area (Å²) in [6, 6.07) is 13.1. The Morgan fingerprint density at radius 2 is 1.71 bits per heavy atom. The Hall–Kier alpha value is -4.14. The number of carbonyl (C=O) groups is 3. The largest absolute Gasteiger partial charge is 0.480 e. The van der Waals surface area contributed by atoms with Gasteiger partial charge in [0.15, 0.2) is 6.10 Å². The number of ether oxygens (including phenoxy) is 1. The molecule has 1 atom stereocenters. The van der Waals surface area contributed by atoms with Crippen LogP contribution in [0.3, 0.4) is 0 Å². The van der Waals surface area contributed by atoms with Crippen LogP contribution in [0.1, 0.15) is 29.2 Å². The van der Waals surface area contributed by atoms with E-state index in [4.69, 9.17) is 14.3 Å². The lowest BCUT2D eigenvalue weighted by molar-refractivity contribution is -0.137. The maximum absolute atomic E-state index is 12.8. The van der Waals surface area contributed by atoms with Crippen molar-refractivity contribution >= 4 is 28.8 Å². The van der Waals surface area contributed by atoms with E-state index < -0.39 is 36.1 Å². The minimum atomic E-state index is -1.18. The molecule has 178 valence electrons. The second kappa shape index (κ2) is 10.7. The molecule has 3 rings (SSSR count). The van der Waals surface area contributed by atoms with Crippen molar-refractivity contribution in [2.75, 3.05) is 13.1 Å². The lowest BCUT2D eigenvalue weighted by atomic mass is 9.98. The number of carbonyl (C=O) groups excluding carboxylic acids is 2. The van der Waals surface area contributed by atoms with Crippen molar-refractivity contribution in [3.05, 3.63) is 75.1 Å². The zero-order valence-corrected chi connectivity index (χ0v) is 19.1. The molecule has 9 nitrogen and oxygen atoms in total. The van der Waals surface area contributed by atoms with Crippen LogP contribution >= 0.6 is 0 Å². The van der Waals surface area contributed by atoms with E-state index in [2.05, 4.69) is 10.6 Å². The Balaban J connectivity index is 1.75. The molecule has 2 aromatic carbocycles. The third-order valence-corrected chi connectivity index (χ3v) is 5.41. The second-order valence-electron chi connectivity index (χ2n) is 7.87. The molecule has 1 aromatic heterocycles. The number of carboxylic acids is 1. The van der Waals surface area contributed by atoms with Gasteiger partial charge in [0.25, 0.3) is 5.91 Å². The number of carboxylic acid groups (broad SMARTS) is 1. The van der Waals surface area contributed by atoms with Crippen LogP contribution in [0, 0.1) is 13.8 Å². The molecule has 1 heterocycles. The van der Waals surface area contributed by atoms with Gasteiger partial charge in [-0.05, 0) is 44.0 Å². The van der Waals surface area contributed by atoms with E-state index in [0.29, 0.717) is 28.9 Å². The fourth-order valence-corrected chi connectivity index (χ4v) is 3.49. The minimum absolute atomic E-state index is 0.365. The molecule has 0 aliphatic carbocycles. The molecule has 0 fully saturated rings. The summed E-state index contributed by atoms with van der Waals surface area (Å²) in [6.07, 6.45) is -0.493. The maximum atomic E-state index is 12.8. The molecule has 0 saturated carbocycles. The summed E-state index contributed by atoms with van der Waals surface area (Å²) in [5, 5.41) is 13.9. The molecule has 0 aliphatic heterocycles. The molecule has 3 N–H and O–H groups in total. The fraction of sp³-hybridized carbons (Fsp3) is 0.280. The summed E-state index contributed by atoms with van der Waals surface area (Å²) in [5.74, 6) is -2.00. The van der Waals surface area contributed by atoms with Gasteiger partial charge < -0.3 is 24.9 Å². The van der Waals surface area contributed by atoms with Crippen LogP contribution in [0.5, 0.6) is 5.75 Å². The molecule has 0 spiro atoms. The van der Waals surface area contributed by atoms with Gasteiger partial charge in [-0.2, -0.15) is 0 Å². The summed E-state index contributed by atoms with van der Waals surface area (Å²) < 4.78 is 11.4. The normalized spacial score (nSPS) is 11.6. The Morgan fingerprint density at radius 1 is 1.00 bits per heavy atom. The molecular formula is C25H26N2O7. The highest BCUT2D eigenvalue weighted by atomic mass is 16.5. The van der Waals surface area contributed by atoms with E-state index in [0.717, 1.165) is 16.5 Å². The van der Waals surface area contributed by atoms with Crippen LogP contribution in [0.4, 0.5) is 0 Å². The lowest BCUT2D eigenvalue weighted by Gasteiger charge is -2.17. The highest BCUT2D eigenvalue weighted by molar-refractivity contribution is 5.89. The number of fused-ring (bicyclic) bond motifs is 1. The molecule has 3 aromatic rings. The topological polar surface area (TPSA) is 135 Å². The van der Waals surface area contributed by atoms with Crippen LogP contribution in [0.15, 0.2) is 51.7 Å². The first-order valence-electron chi connectivity index (χ1n) is 10.7. The molecule has 0 bridgehead atoms. The van der Waals surface area contributed by atoms with Gasteiger partial charge in [0.05, 0.1) is 6.54 Å². The van der Waals surface area contributed by atoms with Crippen molar-refractivity contribution in [3.8, 4) is 5.75 Å². The Morgan fingerprint density at radius 3 is 2.38 bits per heavy atom. The van der Waals surface area contributed by atoms with Gasteiger partial charge in [0, 0.05) is 22.9 Å². The Kier molecular flexibility index (Phi) is 7.68. The van der Waals surface area contributed by atoms with Crippen molar-refractivity contribution in [1.29, 1.82) is 0 Å². The lowest BCUT2D eigenvalue weighted by Crippen LogP contribution is -2.43.